The average molecular weight is 368 g/mol. The van der Waals surface area contributed by atoms with Gasteiger partial charge in [0.25, 0.3) is 0 Å². The van der Waals surface area contributed by atoms with Gasteiger partial charge < -0.3 is 10.6 Å². The van der Waals surface area contributed by atoms with Gasteiger partial charge in [0.2, 0.25) is 10.0 Å². The summed E-state index contributed by atoms with van der Waals surface area (Å²) in [5, 5.41) is 5.72. The van der Waals surface area contributed by atoms with E-state index in [9.17, 15) is 13.2 Å². The molecule has 25 heavy (non-hydrogen) atoms. The van der Waals surface area contributed by atoms with Crippen LogP contribution in [0, 0.1) is 0 Å². The Balaban J connectivity index is 1.92. The lowest BCUT2D eigenvalue weighted by molar-refractivity contribution is 0.235. The lowest BCUT2D eigenvalue weighted by Gasteiger charge is -2.25. The zero-order valence-electron chi connectivity index (χ0n) is 15.1. The second kappa shape index (κ2) is 9.20. The molecule has 2 N–H and O–H groups in total. The predicted octanol–water partition coefficient (Wildman–Crippen LogP) is 2.85. The summed E-state index contributed by atoms with van der Waals surface area (Å²) >= 11 is 0. The minimum atomic E-state index is -3.40. The maximum atomic E-state index is 12.6. The smallest absolute Gasteiger partial charge is 0.315 e. The molecule has 140 valence electrons. The number of carbonyl (C=O) groups is 1. The third kappa shape index (κ3) is 5.44. The van der Waals surface area contributed by atoms with E-state index in [1.807, 2.05) is 13.8 Å². The van der Waals surface area contributed by atoms with Gasteiger partial charge in [0, 0.05) is 25.7 Å². The second-order valence-corrected chi connectivity index (χ2v) is 8.39. The largest absolute Gasteiger partial charge is 0.335 e. The Bertz CT molecular complexity index is 649. The molecule has 1 heterocycles. The number of rotatable bonds is 7. The summed E-state index contributed by atoms with van der Waals surface area (Å²) in [6, 6.07) is 6.75. The molecule has 0 aliphatic carbocycles. The molecule has 1 aliphatic heterocycles. The number of urea groups is 1. The molecule has 2 rings (SSSR count). The Morgan fingerprint density at radius 1 is 1.08 bits per heavy atom. The summed E-state index contributed by atoms with van der Waals surface area (Å²) in [4.78, 5) is 12.2. The highest BCUT2D eigenvalue weighted by atomic mass is 32.2. The van der Waals surface area contributed by atoms with Crippen molar-refractivity contribution in [1.82, 2.24) is 14.9 Å². The molecule has 1 aromatic rings. The van der Waals surface area contributed by atoms with E-state index in [1.165, 1.54) is 0 Å². The molecule has 0 bridgehead atoms. The van der Waals surface area contributed by atoms with Gasteiger partial charge in [0.15, 0.2) is 0 Å². The summed E-state index contributed by atoms with van der Waals surface area (Å²) in [5.74, 6) is 0. The third-order valence-electron chi connectivity index (χ3n) is 4.65. The Kier molecular flexibility index (Phi) is 7.25. The number of piperidine rings is 1. The van der Waals surface area contributed by atoms with Crippen LogP contribution in [0.2, 0.25) is 0 Å². The van der Waals surface area contributed by atoms with Crippen LogP contribution in [0.4, 0.5) is 4.79 Å². The number of benzene rings is 1. The van der Waals surface area contributed by atoms with Gasteiger partial charge in [0.05, 0.1) is 4.90 Å². The molecule has 0 aromatic heterocycles. The number of carbonyl (C=O) groups excluding carboxylic acids is 1. The quantitative estimate of drug-likeness (QED) is 0.778. The highest BCUT2D eigenvalue weighted by Crippen LogP contribution is 2.20. The first kappa shape index (κ1) is 19.7. The summed E-state index contributed by atoms with van der Waals surface area (Å²) in [6.45, 7) is 5.64. The number of sulfonamides is 1. The zero-order valence-corrected chi connectivity index (χ0v) is 15.9. The molecule has 1 aromatic carbocycles. The Morgan fingerprint density at radius 2 is 1.68 bits per heavy atom. The first-order valence-electron chi connectivity index (χ1n) is 9.10. The number of hydrogen-bond acceptors (Lipinski definition) is 3. The molecule has 1 aliphatic rings. The normalized spacial score (nSPS) is 16.0. The van der Waals surface area contributed by atoms with Crippen molar-refractivity contribution in [3.63, 3.8) is 0 Å². The van der Waals surface area contributed by atoms with E-state index in [4.69, 9.17) is 0 Å². The van der Waals surface area contributed by atoms with Gasteiger partial charge in [-0.3, -0.25) is 0 Å². The van der Waals surface area contributed by atoms with Gasteiger partial charge in [-0.2, -0.15) is 4.31 Å². The zero-order chi connectivity index (χ0) is 18.3. The number of nitrogens with zero attached hydrogens (tertiary/aromatic N) is 1. The number of amides is 2. The van der Waals surface area contributed by atoms with Crippen molar-refractivity contribution < 1.29 is 13.2 Å². The molecule has 0 atom stereocenters. The van der Waals surface area contributed by atoms with Crippen LogP contribution in [-0.4, -0.2) is 37.9 Å². The Hall–Kier alpha value is -1.60. The molecule has 1 saturated heterocycles. The topological polar surface area (TPSA) is 78.5 Å². The van der Waals surface area contributed by atoms with Crippen LogP contribution >= 0.6 is 0 Å². The fraction of sp³-hybridized carbons (Fsp3) is 0.611. The highest BCUT2D eigenvalue weighted by Gasteiger charge is 2.25. The molecule has 1 fully saturated rings. The minimum Gasteiger partial charge on any atom is -0.335 e. The van der Waals surface area contributed by atoms with E-state index in [-0.39, 0.29) is 12.1 Å². The van der Waals surface area contributed by atoms with E-state index in [2.05, 4.69) is 10.6 Å². The van der Waals surface area contributed by atoms with Crippen LogP contribution in [-0.2, 0) is 16.6 Å². The number of hydrogen-bond donors (Lipinski definition) is 2. The molecule has 0 saturated carbocycles. The fourth-order valence-electron chi connectivity index (χ4n) is 2.95. The van der Waals surface area contributed by atoms with E-state index in [0.29, 0.717) is 24.5 Å². The van der Waals surface area contributed by atoms with Crippen molar-refractivity contribution in [3.05, 3.63) is 29.8 Å². The van der Waals surface area contributed by atoms with Crippen molar-refractivity contribution >= 4 is 16.1 Å². The van der Waals surface area contributed by atoms with Crippen molar-refractivity contribution in [3.8, 4) is 0 Å². The molecular weight excluding hydrogens is 338 g/mol. The number of nitrogens with one attached hydrogen (secondary N) is 2. The van der Waals surface area contributed by atoms with Crippen molar-refractivity contribution in [2.45, 2.75) is 63.4 Å². The standard InChI is InChI=1S/C18H29N3O3S/c1-3-16(4-2)20-18(22)19-14-15-8-10-17(11-9-15)25(23,24)21-12-6-5-7-13-21/h8-11,16H,3-7,12-14H2,1-2H3,(H2,19,20,22). The van der Waals surface area contributed by atoms with Crippen LogP contribution < -0.4 is 10.6 Å². The summed E-state index contributed by atoms with van der Waals surface area (Å²) in [7, 11) is -3.40. The average Bonchev–Trinajstić information content (AvgIpc) is 2.65. The first-order valence-corrected chi connectivity index (χ1v) is 10.5. The van der Waals surface area contributed by atoms with Crippen LogP contribution in [0.25, 0.3) is 0 Å². The monoisotopic (exact) mass is 367 g/mol. The molecule has 0 radical (unpaired) electrons. The lowest BCUT2D eigenvalue weighted by atomic mass is 10.2. The van der Waals surface area contributed by atoms with Crippen LogP contribution in [0.5, 0.6) is 0 Å². The Morgan fingerprint density at radius 3 is 2.24 bits per heavy atom. The van der Waals surface area contributed by atoms with Gasteiger partial charge in [-0.1, -0.05) is 32.4 Å². The van der Waals surface area contributed by atoms with E-state index in [0.717, 1.165) is 37.7 Å². The van der Waals surface area contributed by atoms with Crippen molar-refractivity contribution in [2.24, 2.45) is 0 Å². The lowest BCUT2D eigenvalue weighted by Crippen LogP contribution is -2.41. The van der Waals surface area contributed by atoms with Gasteiger partial charge in [-0.25, -0.2) is 13.2 Å². The molecule has 0 unspecified atom stereocenters. The molecule has 2 amide bonds. The summed E-state index contributed by atoms with van der Waals surface area (Å²) < 4.78 is 26.8. The van der Waals surface area contributed by atoms with Crippen LogP contribution in [0.15, 0.2) is 29.2 Å². The van der Waals surface area contributed by atoms with Crippen LogP contribution in [0.3, 0.4) is 0 Å². The minimum absolute atomic E-state index is 0.178. The summed E-state index contributed by atoms with van der Waals surface area (Å²) in [5.41, 5.74) is 0.872. The molecule has 0 spiro atoms. The van der Waals surface area contributed by atoms with Crippen molar-refractivity contribution in [2.75, 3.05) is 13.1 Å². The maximum Gasteiger partial charge on any atom is 0.315 e. The molecule has 7 heteroatoms. The highest BCUT2D eigenvalue weighted by molar-refractivity contribution is 7.89. The third-order valence-corrected chi connectivity index (χ3v) is 6.56. The first-order chi connectivity index (χ1) is 12.0. The second-order valence-electron chi connectivity index (χ2n) is 6.45. The van der Waals surface area contributed by atoms with Crippen LogP contribution in [0.1, 0.15) is 51.5 Å². The van der Waals surface area contributed by atoms with E-state index < -0.39 is 10.0 Å². The predicted molar refractivity (Wildman–Crippen MR) is 98.8 cm³/mol. The SMILES string of the molecule is CCC(CC)NC(=O)NCc1ccc(S(=O)(=O)N2CCCCC2)cc1. The van der Waals surface area contributed by atoms with Gasteiger partial charge in [-0.05, 0) is 43.4 Å². The fourth-order valence-corrected chi connectivity index (χ4v) is 4.46. The maximum absolute atomic E-state index is 12.6. The summed E-state index contributed by atoms with van der Waals surface area (Å²) in [6.07, 6.45) is 4.73. The Labute approximate surface area is 151 Å². The molecule has 6 nitrogen and oxygen atoms in total. The van der Waals surface area contributed by atoms with Gasteiger partial charge in [-0.15, -0.1) is 0 Å². The molecular formula is C18H29N3O3S. The van der Waals surface area contributed by atoms with E-state index >= 15 is 0 Å². The van der Waals surface area contributed by atoms with E-state index in [1.54, 1.807) is 28.6 Å². The van der Waals surface area contributed by atoms with Gasteiger partial charge in [0.1, 0.15) is 0 Å². The van der Waals surface area contributed by atoms with Gasteiger partial charge >= 0.3 is 6.03 Å². The van der Waals surface area contributed by atoms with Crippen molar-refractivity contribution in [1.29, 1.82) is 0 Å².